The van der Waals surface area contributed by atoms with Crippen LogP contribution in [0.15, 0.2) is 0 Å². The molecule has 0 N–H and O–H groups in total. The third kappa shape index (κ3) is 6.40. The van der Waals surface area contributed by atoms with Crippen molar-refractivity contribution in [3.63, 3.8) is 0 Å². The fraction of sp³-hybridized carbons (Fsp3) is 1.00. The van der Waals surface area contributed by atoms with Gasteiger partial charge in [0.2, 0.25) is 0 Å². The lowest BCUT2D eigenvalue weighted by Crippen LogP contribution is -2.45. The molecule has 1 fully saturated rings. The summed E-state index contributed by atoms with van der Waals surface area (Å²) in [5, 5.41) is -0.339. The van der Waals surface area contributed by atoms with E-state index >= 15 is 0 Å². The summed E-state index contributed by atoms with van der Waals surface area (Å²) in [6.07, 6.45) is 0. The molecule has 130 valence electrons. The van der Waals surface area contributed by atoms with Crippen LogP contribution in [0.3, 0.4) is 0 Å². The predicted molar refractivity (Wildman–Crippen MR) is 95.3 cm³/mol. The molecule has 1 saturated heterocycles. The van der Waals surface area contributed by atoms with E-state index in [0.29, 0.717) is 6.61 Å². The number of rotatable bonds is 3. The van der Waals surface area contributed by atoms with Gasteiger partial charge in [0.25, 0.3) is 7.52 Å². The van der Waals surface area contributed by atoms with Crippen molar-refractivity contribution in [2.24, 2.45) is 5.41 Å². The van der Waals surface area contributed by atoms with Gasteiger partial charge in [-0.05, 0) is 33.2 Å². The molecule has 0 saturated carbocycles. The monoisotopic (exact) mass is 322 g/mol. The molecular weight excluding hydrogens is 283 g/mol. The fourth-order valence-corrected chi connectivity index (χ4v) is 4.71. The molecule has 1 unspecified atom stereocenters. The minimum absolute atomic E-state index is 0. The van der Waals surface area contributed by atoms with Crippen molar-refractivity contribution in [1.29, 1.82) is 0 Å². The van der Waals surface area contributed by atoms with E-state index in [4.69, 9.17) is 4.52 Å². The second-order valence-corrected chi connectivity index (χ2v) is 11.0. The molecule has 1 rings (SSSR count). The van der Waals surface area contributed by atoms with E-state index < -0.39 is 7.52 Å². The van der Waals surface area contributed by atoms with Gasteiger partial charge in [-0.1, -0.05) is 35.6 Å². The number of likely N-dealkylation sites (N-methyl/N-ethyl adjacent to an activating group) is 1. The van der Waals surface area contributed by atoms with E-state index in [1.807, 2.05) is 20.8 Å². The molecule has 0 aromatic heterocycles. The van der Waals surface area contributed by atoms with Crippen LogP contribution >= 0.6 is 7.52 Å². The van der Waals surface area contributed by atoms with Crippen molar-refractivity contribution in [1.82, 2.24) is 9.57 Å². The molecule has 1 aliphatic rings. The highest BCUT2D eigenvalue weighted by Gasteiger charge is 2.44. The molecule has 0 aliphatic carbocycles. The molecular formula is C16H39N2O2P. The zero-order valence-corrected chi connectivity index (χ0v) is 14.6. The van der Waals surface area contributed by atoms with E-state index in [9.17, 15) is 4.57 Å². The van der Waals surface area contributed by atoms with Crippen molar-refractivity contribution in [2.75, 3.05) is 39.8 Å². The SMILES string of the molecule is C.C.CN1CCN(P(=O)(OCC(C)(C)C)C(C)(C)C)CC1. The third-order valence-corrected chi connectivity index (χ3v) is 6.69. The maximum Gasteiger partial charge on any atom is 0.277 e. The first-order valence-electron chi connectivity index (χ1n) is 7.14. The van der Waals surface area contributed by atoms with Gasteiger partial charge < -0.3 is 9.42 Å². The third-order valence-electron chi connectivity index (χ3n) is 3.37. The van der Waals surface area contributed by atoms with Crippen molar-refractivity contribution in [2.45, 2.75) is 61.6 Å². The Morgan fingerprint density at radius 3 is 1.71 bits per heavy atom. The minimum atomic E-state index is -2.79. The zero-order valence-electron chi connectivity index (χ0n) is 13.7. The van der Waals surface area contributed by atoms with Crippen molar-refractivity contribution >= 4 is 7.52 Å². The molecule has 0 bridgehead atoms. The van der Waals surface area contributed by atoms with Crippen molar-refractivity contribution < 1.29 is 9.09 Å². The molecule has 0 spiro atoms. The second-order valence-electron chi connectivity index (χ2n) is 7.78. The standard InChI is InChI=1S/C14H31N2O2P.2CH4/c1-13(2,3)12-18-19(17,14(4,5)6)16-10-8-15(7)9-11-16;;/h8-12H2,1-7H3;2*1H4. The quantitative estimate of drug-likeness (QED) is 0.713. The van der Waals surface area contributed by atoms with Gasteiger partial charge in [0.1, 0.15) is 0 Å². The van der Waals surface area contributed by atoms with Gasteiger partial charge >= 0.3 is 0 Å². The second kappa shape index (κ2) is 8.10. The van der Waals surface area contributed by atoms with Crippen LogP contribution in [-0.2, 0) is 9.09 Å². The Hall–Kier alpha value is 0.110. The largest absolute Gasteiger partial charge is 0.316 e. The molecule has 0 amide bonds. The average Bonchev–Trinajstić information content (AvgIpc) is 2.24. The van der Waals surface area contributed by atoms with E-state index in [-0.39, 0.29) is 25.4 Å². The Labute approximate surface area is 133 Å². The summed E-state index contributed by atoms with van der Waals surface area (Å²) in [5.41, 5.74) is 0.0352. The summed E-state index contributed by atoms with van der Waals surface area (Å²) in [5.74, 6) is 0. The number of hydrogen-bond donors (Lipinski definition) is 0. The summed E-state index contributed by atoms with van der Waals surface area (Å²) in [7, 11) is -0.688. The number of nitrogens with zero attached hydrogens (tertiary/aromatic N) is 2. The number of hydrogen-bond acceptors (Lipinski definition) is 3. The Kier molecular flexibility index (Phi) is 9.02. The summed E-state index contributed by atoms with van der Waals surface area (Å²) < 4.78 is 21.5. The Balaban J connectivity index is 0. The maximum atomic E-state index is 13.4. The highest BCUT2D eigenvalue weighted by atomic mass is 31.2. The summed E-state index contributed by atoms with van der Waals surface area (Å²) in [6.45, 7) is 16.5. The smallest absolute Gasteiger partial charge is 0.277 e. The fourth-order valence-electron chi connectivity index (χ4n) is 2.04. The molecule has 0 radical (unpaired) electrons. The van der Waals surface area contributed by atoms with Gasteiger partial charge in [-0.25, -0.2) is 4.67 Å². The average molecular weight is 322 g/mol. The minimum Gasteiger partial charge on any atom is -0.316 e. The lowest BCUT2D eigenvalue weighted by Gasteiger charge is -2.43. The lowest BCUT2D eigenvalue weighted by molar-refractivity contribution is 0.147. The Bertz CT molecular complexity index is 337. The van der Waals surface area contributed by atoms with Crippen LogP contribution in [-0.4, -0.2) is 54.6 Å². The lowest BCUT2D eigenvalue weighted by atomic mass is 9.99. The molecule has 1 atom stereocenters. The van der Waals surface area contributed by atoms with Crippen LogP contribution in [0.4, 0.5) is 0 Å². The van der Waals surface area contributed by atoms with E-state index in [1.54, 1.807) is 0 Å². The van der Waals surface area contributed by atoms with Crippen molar-refractivity contribution in [3.05, 3.63) is 0 Å². The van der Waals surface area contributed by atoms with Gasteiger partial charge in [-0.2, -0.15) is 0 Å². The number of piperazine rings is 1. The van der Waals surface area contributed by atoms with Gasteiger partial charge in [0, 0.05) is 26.2 Å². The predicted octanol–water partition coefficient (Wildman–Crippen LogP) is 4.56. The highest BCUT2D eigenvalue weighted by molar-refractivity contribution is 7.58. The first-order chi connectivity index (χ1) is 8.46. The van der Waals surface area contributed by atoms with E-state index in [2.05, 4.69) is 37.4 Å². The molecule has 1 heterocycles. The first kappa shape index (κ1) is 23.4. The topological polar surface area (TPSA) is 32.8 Å². The molecule has 1 aliphatic heterocycles. The van der Waals surface area contributed by atoms with Gasteiger partial charge in [0.15, 0.2) is 0 Å². The molecule has 21 heavy (non-hydrogen) atoms. The summed E-state index contributed by atoms with van der Waals surface area (Å²) in [6, 6.07) is 0. The van der Waals surface area contributed by atoms with Crippen LogP contribution in [0.1, 0.15) is 56.4 Å². The highest BCUT2D eigenvalue weighted by Crippen LogP contribution is 2.62. The van der Waals surface area contributed by atoms with E-state index in [0.717, 1.165) is 26.2 Å². The van der Waals surface area contributed by atoms with Crippen LogP contribution in [0.5, 0.6) is 0 Å². The molecule has 0 aromatic carbocycles. The van der Waals surface area contributed by atoms with Crippen LogP contribution in [0, 0.1) is 5.41 Å². The molecule has 5 heteroatoms. The van der Waals surface area contributed by atoms with Gasteiger partial charge in [0.05, 0.1) is 11.8 Å². The van der Waals surface area contributed by atoms with Gasteiger partial charge in [-0.3, -0.25) is 4.57 Å². The summed E-state index contributed by atoms with van der Waals surface area (Å²) >= 11 is 0. The first-order valence-corrected chi connectivity index (χ1v) is 8.72. The maximum absolute atomic E-state index is 13.4. The molecule has 4 nitrogen and oxygen atoms in total. The van der Waals surface area contributed by atoms with Crippen LogP contribution < -0.4 is 0 Å². The zero-order chi connectivity index (χ0) is 14.9. The normalized spacial score (nSPS) is 21.1. The Morgan fingerprint density at radius 1 is 0.952 bits per heavy atom. The molecule has 0 aromatic rings. The summed E-state index contributed by atoms with van der Waals surface area (Å²) in [4.78, 5) is 2.27. The van der Waals surface area contributed by atoms with Crippen LogP contribution in [0.2, 0.25) is 0 Å². The van der Waals surface area contributed by atoms with Crippen molar-refractivity contribution in [3.8, 4) is 0 Å². The Morgan fingerprint density at radius 2 is 1.38 bits per heavy atom. The van der Waals surface area contributed by atoms with E-state index in [1.165, 1.54) is 0 Å². The van der Waals surface area contributed by atoms with Gasteiger partial charge in [-0.15, -0.1) is 0 Å². The van der Waals surface area contributed by atoms with Crippen LogP contribution in [0.25, 0.3) is 0 Å².